The minimum Gasteiger partial charge on any atom is -0.324 e. The summed E-state index contributed by atoms with van der Waals surface area (Å²) in [7, 11) is 0. The molecule has 1 aliphatic heterocycles. The molecule has 1 aliphatic rings. The summed E-state index contributed by atoms with van der Waals surface area (Å²) in [5.74, 6) is 0.314. The van der Waals surface area contributed by atoms with Crippen LogP contribution in [0.4, 0.5) is 5.69 Å². The van der Waals surface area contributed by atoms with Crippen LogP contribution < -0.4 is 5.32 Å². The van der Waals surface area contributed by atoms with Gasteiger partial charge in [0.25, 0.3) is 0 Å². The molecule has 1 fully saturated rings. The van der Waals surface area contributed by atoms with Gasteiger partial charge in [-0.05, 0) is 17.5 Å². The predicted octanol–water partition coefficient (Wildman–Crippen LogP) is 2.61. The Labute approximate surface area is 127 Å². The summed E-state index contributed by atoms with van der Waals surface area (Å²) < 4.78 is 0.474. The number of nitrogens with one attached hydrogen (secondary N) is 1. The molecule has 0 radical (unpaired) electrons. The average molecular weight is 308 g/mol. The number of thioether (sulfide) groups is 1. The van der Waals surface area contributed by atoms with E-state index >= 15 is 0 Å². The Morgan fingerprint density at radius 2 is 2.15 bits per heavy atom. The fourth-order valence-corrected chi connectivity index (χ4v) is 3.05. The maximum atomic E-state index is 12.1. The first-order chi connectivity index (χ1) is 9.49. The molecule has 0 unspecified atom stereocenters. The van der Waals surface area contributed by atoms with Gasteiger partial charge < -0.3 is 5.32 Å². The molecule has 4 nitrogen and oxygen atoms in total. The highest BCUT2D eigenvalue weighted by Gasteiger charge is 2.28. The lowest BCUT2D eigenvalue weighted by atomic mass is 10.0. The molecule has 1 heterocycles. The largest absolute Gasteiger partial charge is 0.324 e. The summed E-state index contributed by atoms with van der Waals surface area (Å²) in [6.45, 7) is 4.12. The van der Waals surface area contributed by atoms with E-state index in [1.807, 2.05) is 24.3 Å². The molecule has 0 atom stereocenters. The summed E-state index contributed by atoms with van der Waals surface area (Å²) >= 11 is 6.35. The Morgan fingerprint density at radius 1 is 1.45 bits per heavy atom. The Morgan fingerprint density at radius 3 is 2.75 bits per heavy atom. The van der Waals surface area contributed by atoms with Crippen molar-refractivity contribution in [3.63, 3.8) is 0 Å². The second-order valence-electron chi connectivity index (χ2n) is 4.82. The summed E-state index contributed by atoms with van der Waals surface area (Å²) in [6, 6.07) is 7.68. The monoisotopic (exact) mass is 308 g/mol. The molecule has 6 heteroatoms. The number of amides is 2. The molecule has 1 aromatic rings. The van der Waals surface area contributed by atoms with Crippen LogP contribution >= 0.6 is 24.0 Å². The van der Waals surface area contributed by atoms with Gasteiger partial charge >= 0.3 is 0 Å². The lowest BCUT2D eigenvalue weighted by molar-refractivity contribution is -0.127. The predicted molar refractivity (Wildman–Crippen MR) is 85.9 cm³/mol. The molecule has 1 aromatic carbocycles. The molecule has 0 saturated carbocycles. The van der Waals surface area contributed by atoms with E-state index in [0.29, 0.717) is 16.0 Å². The van der Waals surface area contributed by atoms with Crippen molar-refractivity contribution in [1.82, 2.24) is 4.90 Å². The van der Waals surface area contributed by atoms with E-state index in [1.165, 1.54) is 16.7 Å². The van der Waals surface area contributed by atoms with E-state index in [1.54, 1.807) is 0 Å². The van der Waals surface area contributed by atoms with Crippen molar-refractivity contribution in [1.29, 1.82) is 0 Å². The third-order valence-electron chi connectivity index (χ3n) is 3.00. The molecule has 0 spiro atoms. The number of thiocarbonyl (C=S) groups is 1. The smallest absolute Gasteiger partial charge is 0.244 e. The molecule has 2 rings (SSSR count). The normalized spacial score (nSPS) is 15.1. The van der Waals surface area contributed by atoms with Crippen LogP contribution in [0.2, 0.25) is 0 Å². The van der Waals surface area contributed by atoms with Crippen molar-refractivity contribution >= 4 is 45.8 Å². The Hall–Kier alpha value is -1.40. The van der Waals surface area contributed by atoms with E-state index in [4.69, 9.17) is 12.2 Å². The topological polar surface area (TPSA) is 49.4 Å². The van der Waals surface area contributed by atoms with E-state index < -0.39 is 0 Å². The molecule has 1 N–H and O–H groups in total. The molecule has 1 saturated heterocycles. The van der Waals surface area contributed by atoms with Crippen LogP contribution in [0.1, 0.15) is 25.3 Å². The Balaban J connectivity index is 2.05. The van der Waals surface area contributed by atoms with Crippen LogP contribution in [0.5, 0.6) is 0 Å². The number of carbonyl (C=O) groups excluding carboxylic acids is 2. The number of carbonyl (C=O) groups is 2. The van der Waals surface area contributed by atoms with E-state index in [-0.39, 0.29) is 18.4 Å². The van der Waals surface area contributed by atoms with Crippen LogP contribution in [0.3, 0.4) is 0 Å². The molecular formula is C14H16N2O2S2. The molecule has 0 aliphatic carbocycles. The standard InChI is InChI=1S/C14H16N2O2S2/c1-9(2)10-5-3-4-6-11(10)15-12(17)7-16-13(18)8-20-14(16)19/h3-6,9H,7-8H2,1-2H3,(H,15,17). The quantitative estimate of drug-likeness (QED) is 0.869. The molecule has 2 amide bonds. The first-order valence-electron chi connectivity index (χ1n) is 6.35. The molecule has 106 valence electrons. The zero-order valence-corrected chi connectivity index (χ0v) is 13.0. The maximum absolute atomic E-state index is 12.1. The van der Waals surface area contributed by atoms with Crippen molar-refractivity contribution in [2.45, 2.75) is 19.8 Å². The van der Waals surface area contributed by atoms with Crippen LogP contribution in [-0.2, 0) is 9.59 Å². The first-order valence-corrected chi connectivity index (χ1v) is 7.74. The van der Waals surface area contributed by atoms with Crippen molar-refractivity contribution < 1.29 is 9.59 Å². The number of hydrogen-bond donors (Lipinski definition) is 1. The van der Waals surface area contributed by atoms with Gasteiger partial charge in [-0.3, -0.25) is 14.5 Å². The highest BCUT2D eigenvalue weighted by molar-refractivity contribution is 8.23. The average Bonchev–Trinajstić information content (AvgIpc) is 2.71. The molecule has 0 bridgehead atoms. The van der Waals surface area contributed by atoms with Gasteiger partial charge in [-0.2, -0.15) is 0 Å². The lowest BCUT2D eigenvalue weighted by Gasteiger charge is -2.17. The summed E-state index contributed by atoms with van der Waals surface area (Å²) in [5, 5.41) is 2.86. The van der Waals surface area contributed by atoms with Gasteiger partial charge in [-0.1, -0.05) is 56.0 Å². The molecule has 0 aromatic heterocycles. The van der Waals surface area contributed by atoms with Crippen LogP contribution in [0.25, 0.3) is 0 Å². The zero-order valence-electron chi connectivity index (χ0n) is 11.4. The lowest BCUT2D eigenvalue weighted by Crippen LogP contribution is -2.36. The number of nitrogens with zero attached hydrogens (tertiary/aromatic N) is 1. The van der Waals surface area contributed by atoms with Gasteiger partial charge in [0, 0.05) is 5.69 Å². The number of para-hydroxylation sites is 1. The van der Waals surface area contributed by atoms with Gasteiger partial charge in [0.15, 0.2) is 0 Å². The van der Waals surface area contributed by atoms with Gasteiger partial charge in [-0.15, -0.1) is 0 Å². The highest BCUT2D eigenvalue weighted by Crippen LogP contribution is 2.24. The minimum absolute atomic E-state index is 0.0168. The van der Waals surface area contributed by atoms with Crippen LogP contribution in [-0.4, -0.2) is 33.3 Å². The summed E-state index contributed by atoms with van der Waals surface area (Å²) in [4.78, 5) is 25.0. The third-order valence-corrected chi connectivity index (χ3v) is 4.43. The van der Waals surface area contributed by atoms with Crippen molar-refractivity contribution in [3.8, 4) is 0 Å². The third kappa shape index (κ3) is 3.37. The van der Waals surface area contributed by atoms with Gasteiger partial charge in [-0.25, -0.2) is 0 Å². The van der Waals surface area contributed by atoms with E-state index in [9.17, 15) is 9.59 Å². The van der Waals surface area contributed by atoms with Gasteiger partial charge in [0.05, 0.1) is 5.75 Å². The fraction of sp³-hybridized carbons (Fsp3) is 0.357. The van der Waals surface area contributed by atoms with Crippen molar-refractivity contribution in [2.75, 3.05) is 17.6 Å². The van der Waals surface area contributed by atoms with E-state index in [0.717, 1.165) is 11.3 Å². The highest BCUT2D eigenvalue weighted by atomic mass is 32.2. The number of rotatable bonds is 4. The molecule has 20 heavy (non-hydrogen) atoms. The zero-order chi connectivity index (χ0) is 14.7. The first kappa shape index (κ1) is 15.0. The Kier molecular flexibility index (Phi) is 4.77. The van der Waals surface area contributed by atoms with Crippen LogP contribution in [0.15, 0.2) is 24.3 Å². The van der Waals surface area contributed by atoms with Crippen molar-refractivity contribution in [3.05, 3.63) is 29.8 Å². The number of anilines is 1. The summed E-state index contributed by atoms with van der Waals surface area (Å²) in [5.41, 5.74) is 1.86. The Bertz CT molecular complexity index is 542. The SMILES string of the molecule is CC(C)c1ccccc1NC(=O)CN1C(=O)CSC1=S. The fourth-order valence-electron chi connectivity index (χ4n) is 1.98. The van der Waals surface area contributed by atoms with Crippen molar-refractivity contribution in [2.24, 2.45) is 0 Å². The minimum atomic E-state index is -0.226. The van der Waals surface area contributed by atoms with E-state index in [2.05, 4.69) is 19.2 Å². The summed E-state index contributed by atoms with van der Waals surface area (Å²) in [6.07, 6.45) is 0. The molecular weight excluding hydrogens is 292 g/mol. The number of hydrogen-bond acceptors (Lipinski definition) is 4. The van der Waals surface area contributed by atoms with Gasteiger partial charge in [0.2, 0.25) is 11.8 Å². The number of benzene rings is 1. The van der Waals surface area contributed by atoms with Crippen LogP contribution in [0, 0.1) is 0 Å². The second kappa shape index (κ2) is 6.37. The maximum Gasteiger partial charge on any atom is 0.244 e. The second-order valence-corrected chi connectivity index (χ2v) is 6.43. The van der Waals surface area contributed by atoms with Gasteiger partial charge in [0.1, 0.15) is 10.9 Å².